The number of nitrogens with two attached hydrogens (primary N) is 1. The van der Waals surface area contributed by atoms with Crippen LogP contribution in [0, 0.1) is 6.92 Å². The van der Waals surface area contributed by atoms with Gasteiger partial charge in [0, 0.05) is 12.1 Å². The van der Waals surface area contributed by atoms with Crippen molar-refractivity contribution >= 4 is 0 Å². The van der Waals surface area contributed by atoms with E-state index in [1.807, 2.05) is 19.1 Å². The molecular formula is C9H12N2O. The Morgan fingerprint density at radius 2 is 2.42 bits per heavy atom. The normalized spacial score (nSPS) is 21.3. The van der Waals surface area contributed by atoms with E-state index in [0.29, 0.717) is 6.61 Å². The van der Waals surface area contributed by atoms with Gasteiger partial charge in [-0.15, -0.1) is 0 Å². The molecule has 0 fully saturated rings. The predicted molar refractivity (Wildman–Crippen MR) is 46.0 cm³/mol. The van der Waals surface area contributed by atoms with Gasteiger partial charge in [-0.05, 0) is 19.1 Å². The van der Waals surface area contributed by atoms with Crippen molar-refractivity contribution in [2.24, 2.45) is 5.73 Å². The van der Waals surface area contributed by atoms with E-state index >= 15 is 0 Å². The van der Waals surface area contributed by atoms with E-state index < -0.39 is 0 Å². The molecule has 0 spiro atoms. The Kier molecular flexibility index (Phi) is 1.73. The second-order valence-corrected chi connectivity index (χ2v) is 3.08. The molecule has 3 nitrogen and oxygen atoms in total. The summed E-state index contributed by atoms with van der Waals surface area (Å²) in [6, 6.07) is 3.93. The highest BCUT2D eigenvalue weighted by Gasteiger charge is 2.18. The van der Waals surface area contributed by atoms with Crippen LogP contribution in [0.3, 0.4) is 0 Å². The van der Waals surface area contributed by atoms with Crippen molar-refractivity contribution in [2.45, 2.75) is 19.4 Å². The van der Waals surface area contributed by atoms with Crippen LogP contribution in [0.4, 0.5) is 0 Å². The minimum absolute atomic E-state index is 0.0497. The molecule has 12 heavy (non-hydrogen) atoms. The maximum atomic E-state index is 5.87. The molecule has 1 atom stereocenters. The maximum Gasteiger partial charge on any atom is 0.142 e. The fourth-order valence-corrected chi connectivity index (χ4v) is 1.38. The Morgan fingerprint density at radius 1 is 1.58 bits per heavy atom. The van der Waals surface area contributed by atoms with Crippen molar-refractivity contribution in [3.63, 3.8) is 0 Å². The van der Waals surface area contributed by atoms with Gasteiger partial charge in [-0.2, -0.15) is 0 Å². The maximum absolute atomic E-state index is 5.87. The number of aromatic nitrogens is 1. The lowest BCUT2D eigenvalue weighted by Crippen LogP contribution is -2.22. The topological polar surface area (TPSA) is 48.1 Å². The number of hydrogen-bond acceptors (Lipinski definition) is 3. The Labute approximate surface area is 71.6 Å². The summed E-state index contributed by atoms with van der Waals surface area (Å²) in [5.74, 6) is 0.847. The number of pyridine rings is 1. The number of hydrogen-bond donors (Lipinski definition) is 1. The number of rotatable bonds is 0. The fourth-order valence-electron chi connectivity index (χ4n) is 1.38. The smallest absolute Gasteiger partial charge is 0.142 e. The Hall–Kier alpha value is -1.09. The highest BCUT2D eigenvalue weighted by Crippen LogP contribution is 2.28. The van der Waals surface area contributed by atoms with E-state index in [1.54, 1.807) is 0 Å². The van der Waals surface area contributed by atoms with E-state index in [9.17, 15) is 0 Å². The van der Waals surface area contributed by atoms with Crippen molar-refractivity contribution in [2.75, 3.05) is 6.61 Å². The largest absolute Gasteiger partial charge is 0.492 e. The summed E-state index contributed by atoms with van der Waals surface area (Å²) in [5, 5.41) is 0. The molecule has 0 aromatic carbocycles. The van der Waals surface area contributed by atoms with E-state index in [4.69, 9.17) is 10.5 Å². The number of nitrogens with zero attached hydrogens (tertiary/aromatic N) is 1. The summed E-state index contributed by atoms with van der Waals surface area (Å²) >= 11 is 0. The van der Waals surface area contributed by atoms with Gasteiger partial charge in [0.1, 0.15) is 5.75 Å². The van der Waals surface area contributed by atoms with Crippen LogP contribution < -0.4 is 10.5 Å². The van der Waals surface area contributed by atoms with Crippen LogP contribution in [0.5, 0.6) is 5.75 Å². The zero-order valence-corrected chi connectivity index (χ0v) is 7.08. The van der Waals surface area contributed by atoms with Crippen LogP contribution >= 0.6 is 0 Å². The first-order valence-corrected chi connectivity index (χ1v) is 4.13. The van der Waals surface area contributed by atoms with E-state index in [-0.39, 0.29) is 6.04 Å². The highest BCUT2D eigenvalue weighted by molar-refractivity contribution is 5.32. The molecule has 64 valence electrons. The van der Waals surface area contributed by atoms with Crippen molar-refractivity contribution in [1.82, 2.24) is 4.98 Å². The summed E-state index contributed by atoms with van der Waals surface area (Å²) in [7, 11) is 0. The first-order valence-electron chi connectivity index (χ1n) is 4.13. The average Bonchev–Trinajstić information content (AvgIpc) is 2.07. The Balaban J connectivity index is 2.47. The van der Waals surface area contributed by atoms with Crippen LogP contribution in [0.25, 0.3) is 0 Å². The van der Waals surface area contributed by atoms with Gasteiger partial charge >= 0.3 is 0 Å². The fraction of sp³-hybridized carbons (Fsp3) is 0.444. The summed E-state index contributed by atoms with van der Waals surface area (Å²) in [6.07, 6.45) is 0.865. The molecule has 1 aromatic heterocycles. The second-order valence-electron chi connectivity index (χ2n) is 3.08. The van der Waals surface area contributed by atoms with Crippen molar-refractivity contribution in [1.29, 1.82) is 0 Å². The molecule has 1 aliphatic rings. The first-order chi connectivity index (χ1) is 5.77. The molecule has 0 saturated heterocycles. The third-order valence-electron chi connectivity index (χ3n) is 2.06. The monoisotopic (exact) mass is 164 g/mol. The van der Waals surface area contributed by atoms with Gasteiger partial charge in [0.25, 0.3) is 0 Å². The molecule has 0 bridgehead atoms. The van der Waals surface area contributed by atoms with Gasteiger partial charge in [0.2, 0.25) is 0 Å². The third-order valence-corrected chi connectivity index (χ3v) is 2.06. The summed E-state index contributed by atoms with van der Waals surface area (Å²) < 4.78 is 5.41. The van der Waals surface area contributed by atoms with Gasteiger partial charge in [-0.3, -0.25) is 4.98 Å². The standard InChI is InChI=1S/C9H12N2O/c1-6-2-3-8-9(11-6)7(10)4-5-12-8/h2-3,7H,4-5,10H2,1H3/t7-/m1/s1. The van der Waals surface area contributed by atoms with Gasteiger partial charge in [0.15, 0.2) is 0 Å². The zero-order chi connectivity index (χ0) is 8.55. The summed E-state index contributed by atoms with van der Waals surface area (Å²) in [4.78, 5) is 4.34. The lowest BCUT2D eigenvalue weighted by Gasteiger charge is -2.21. The second kappa shape index (κ2) is 2.75. The lowest BCUT2D eigenvalue weighted by molar-refractivity contribution is 0.264. The lowest BCUT2D eigenvalue weighted by atomic mass is 10.1. The molecule has 0 amide bonds. The molecule has 0 unspecified atom stereocenters. The quantitative estimate of drug-likeness (QED) is 0.626. The number of ether oxygens (including phenoxy) is 1. The summed E-state index contributed by atoms with van der Waals surface area (Å²) in [5.41, 5.74) is 7.77. The molecule has 3 heteroatoms. The van der Waals surface area contributed by atoms with Gasteiger partial charge in [-0.25, -0.2) is 0 Å². The molecule has 1 aromatic rings. The Bertz CT molecular complexity index is 299. The van der Waals surface area contributed by atoms with Crippen molar-refractivity contribution in [3.8, 4) is 5.75 Å². The Morgan fingerprint density at radius 3 is 3.25 bits per heavy atom. The highest BCUT2D eigenvalue weighted by atomic mass is 16.5. The van der Waals surface area contributed by atoms with E-state index in [2.05, 4.69) is 4.98 Å². The summed E-state index contributed by atoms with van der Waals surface area (Å²) in [6.45, 7) is 2.67. The average molecular weight is 164 g/mol. The molecule has 0 aliphatic carbocycles. The first kappa shape index (κ1) is 7.55. The minimum atomic E-state index is 0.0497. The zero-order valence-electron chi connectivity index (χ0n) is 7.08. The molecule has 2 N–H and O–H groups in total. The molecule has 2 rings (SSSR count). The molecule has 1 aliphatic heterocycles. The van der Waals surface area contributed by atoms with Gasteiger partial charge in [0.05, 0.1) is 18.3 Å². The van der Waals surface area contributed by atoms with Gasteiger partial charge in [-0.1, -0.05) is 0 Å². The third kappa shape index (κ3) is 1.16. The number of fused-ring (bicyclic) bond motifs is 1. The predicted octanol–water partition coefficient (Wildman–Crippen LogP) is 1.17. The molecule has 0 radical (unpaired) electrons. The minimum Gasteiger partial charge on any atom is -0.492 e. The van der Waals surface area contributed by atoms with Crippen LogP contribution in [0.2, 0.25) is 0 Å². The van der Waals surface area contributed by atoms with Crippen LogP contribution in [0.1, 0.15) is 23.9 Å². The molecule has 0 saturated carbocycles. The van der Waals surface area contributed by atoms with Crippen LogP contribution in [-0.4, -0.2) is 11.6 Å². The van der Waals surface area contributed by atoms with E-state index in [0.717, 1.165) is 23.6 Å². The van der Waals surface area contributed by atoms with Crippen LogP contribution in [0.15, 0.2) is 12.1 Å². The van der Waals surface area contributed by atoms with Gasteiger partial charge < -0.3 is 10.5 Å². The SMILES string of the molecule is Cc1ccc2c(n1)[C@H](N)CCO2. The van der Waals surface area contributed by atoms with Crippen molar-refractivity contribution < 1.29 is 4.74 Å². The number of aryl methyl sites for hydroxylation is 1. The van der Waals surface area contributed by atoms with E-state index in [1.165, 1.54) is 0 Å². The molecular weight excluding hydrogens is 152 g/mol. The van der Waals surface area contributed by atoms with Crippen LogP contribution in [-0.2, 0) is 0 Å². The van der Waals surface area contributed by atoms with Crippen molar-refractivity contribution in [3.05, 3.63) is 23.5 Å². The molecule has 2 heterocycles.